The third kappa shape index (κ3) is 2.39. The summed E-state index contributed by atoms with van der Waals surface area (Å²) < 4.78 is 0. The second-order valence-corrected chi connectivity index (χ2v) is 4.11. The first-order chi connectivity index (χ1) is 9.72. The first-order valence-electron chi connectivity index (χ1n) is 5.85. The van der Waals surface area contributed by atoms with E-state index in [1.807, 2.05) is 24.3 Å². The Hall–Kier alpha value is -3.02. The Morgan fingerprint density at radius 3 is 1.15 bits per heavy atom. The smallest absolute Gasteiger partial charge is 0.159 e. The normalized spacial score (nSPS) is 10.4. The van der Waals surface area contributed by atoms with Crippen LogP contribution in [-0.4, -0.2) is 30.1 Å². The molecule has 0 spiro atoms. The summed E-state index contributed by atoms with van der Waals surface area (Å²) in [6.07, 6.45) is 5.39. The van der Waals surface area contributed by atoms with Gasteiger partial charge in [0, 0.05) is 11.1 Å². The summed E-state index contributed by atoms with van der Waals surface area (Å²) in [4.78, 5) is 16.1. The first-order valence-corrected chi connectivity index (χ1v) is 5.85. The summed E-state index contributed by atoms with van der Waals surface area (Å²) in [6.45, 7) is 0. The second-order valence-electron chi connectivity index (χ2n) is 4.11. The molecule has 0 saturated heterocycles. The highest BCUT2D eigenvalue weighted by Gasteiger charge is 2.04. The molecule has 0 atom stereocenters. The van der Waals surface area contributed by atoms with Crippen molar-refractivity contribution < 1.29 is 10.2 Å². The van der Waals surface area contributed by atoms with Crippen LogP contribution in [0.1, 0.15) is 0 Å². The third-order valence-corrected chi connectivity index (χ3v) is 2.68. The molecule has 3 aromatic rings. The average Bonchev–Trinajstić information content (AvgIpc) is 2.49. The third-order valence-electron chi connectivity index (χ3n) is 2.68. The van der Waals surface area contributed by atoms with Gasteiger partial charge in [-0.25, -0.2) is 19.9 Å². The van der Waals surface area contributed by atoms with E-state index in [2.05, 4.69) is 19.9 Å². The zero-order valence-corrected chi connectivity index (χ0v) is 10.3. The van der Waals surface area contributed by atoms with Crippen LogP contribution in [0.4, 0.5) is 0 Å². The van der Waals surface area contributed by atoms with Gasteiger partial charge in [-0.15, -0.1) is 0 Å². The van der Waals surface area contributed by atoms with Crippen molar-refractivity contribution in [2.75, 3.05) is 0 Å². The standard InChI is InChI=1S/C14H10N4O2/c19-11-5-15-13(16-6-11)9-1-2-10(4-3-9)14-17-7-12(20)8-18-14/h1-8,19-20H. The molecule has 98 valence electrons. The van der Waals surface area contributed by atoms with Crippen LogP contribution < -0.4 is 0 Å². The summed E-state index contributed by atoms with van der Waals surface area (Å²) in [5.41, 5.74) is 1.65. The molecule has 0 aliphatic carbocycles. The summed E-state index contributed by atoms with van der Waals surface area (Å²) in [5, 5.41) is 18.3. The van der Waals surface area contributed by atoms with E-state index in [9.17, 15) is 0 Å². The van der Waals surface area contributed by atoms with Crippen molar-refractivity contribution in [1.82, 2.24) is 19.9 Å². The maximum absolute atomic E-state index is 9.16. The highest BCUT2D eigenvalue weighted by molar-refractivity contribution is 5.63. The van der Waals surface area contributed by atoms with Gasteiger partial charge in [0.15, 0.2) is 23.1 Å². The Balaban J connectivity index is 1.91. The molecule has 3 rings (SSSR count). The fraction of sp³-hybridized carbons (Fsp3) is 0. The van der Waals surface area contributed by atoms with Crippen LogP contribution in [0, 0.1) is 0 Å². The van der Waals surface area contributed by atoms with E-state index in [1.165, 1.54) is 24.8 Å². The van der Waals surface area contributed by atoms with Gasteiger partial charge in [0.1, 0.15) is 0 Å². The number of hydrogen-bond acceptors (Lipinski definition) is 6. The molecule has 0 fully saturated rings. The second kappa shape index (κ2) is 4.93. The molecule has 2 aromatic heterocycles. The Morgan fingerprint density at radius 1 is 0.550 bits per heavy atom. The predicted molar refractivity (Wildman–Crippen MR) is 71.8 cm³/mol. The molecular weight excluding hydrogens is 256 g/mol. The van der Waals surface area contributed by atoms with E-state index < -0.39 is 0 Å². The minimum absolute atomic E-state index is 0.0304. The van der Waals surface area contributed by atoms with Gasteiger partial charge in [0.05, 0.1) is 24.8 Å². The highest BCUT2D eigenvalue weighted by Crippen LogP contribution is 2.21. The molecule has 0 amide bonds. The molecule has 20 heavy (non-hydrogen) atoms. The maximum atomic E-state index is 9.16. The van der Waals surface area contributed by atoms with Gasteiger partial charge in [-0.3, -0.25) is 0 Å². The van der Waals surface area contributed by atoms with Crippen LogP contribution in [-0.2, 0) is 0 Å². The molecule has 0 aliphatic heterocycles. The van der Waals surface area contributed by atoms with E-state index in [1.54, 1.807) is 0 Å². The van der Waals surface area contributed by atoms with Gasteiger partial charge in [-0.2, -0.15) is 0 Å². The van der Waals surface area contributed by atoms with Crippen LogP contribution in [0.15, 0.2) is 49.1 Å². The van der Waals surface area contributed by atoms with Gasteiger partial charge in [0.2, 0.25) is 0 Å². The topological polar surface area (TPSA) is 92.0 Å². The minimum Gasteiger partial charge on any atom is -0.505 e. The van der Waals surface area contributed by atoms with Gasteiger partial charge in [0.25, 0.3) is 0 Å². The van der Waals surface area contributed by atoms with Gasteiger partial charge < -0.3 is 10.2 Å². The molecule has 2 N–H and O–H groups in total. The zero-order chi connectivity index (χ0) is 13.9. The lowest BCUT2D eigenvalue weighted by Gasteiger charge is -2.02. The molecule has 0 aliphatic rings. The van der Waals surface area contributed by atoms with Crippen LogP contribution in [0.5, 0.6) is 11.5 Å². The monoisotopic (exact) mass is 266 g/mol. The van der Waals surface area contributed by atoms with E-state index in [0.29, 0.717) is 11.6 Å². The van der Waals surface area contributed by atoms with Crippen LogP contribution >= 0.6 is 0 Å². The average molecular weight is 266 g/mol. The SMILES string of the molecule is Oc1cnc(-c2ccc(-c3ncc(O)cn3)cc2)nc1. The van der Waals surface area contributed by atoms with Crippen LogP contribution in [0.25, 0.3) is 22.8 Å². The van der Waals surface area contributed by atoms with Gasteiger partial charge >= 0.3 is 0 Å². The van der Waals surface area contributed by atoms with E-state index >= 15 is 0 Å². The van der Waals surface area contributed by atoms with Crippen LogP contribution in [0.2, 0.25) is 0 Å². The molecule has 1 aromatic carbocycles. The number of rotatable bonds is 2. The molecule has 6 heteroatoms. The number of benzene rings is 1. The van der Waals surface area contributed by atoms with Crippen molar-refractivity contribution in [2.24, 2.45) is 0 Å². The zero-order valence-electron chi connectivity index (χ0n) is 10.3. The fourth-order valence-corrected chi connectivity index (χ4v) is 1.71. The Bertz CT molecular complexity index is 645. The van der Waals surface area contributed by atoms with Gasteiger partial charge in [-0.05, 0) is 0 Å². The van der Waals surface area contributed by atoms with E-state index in [4.69, 9.17) is 10.2 Å². The van der Waals surface area contributed by atoms with Gasteiger partial charge in [-0.1, -0.05) is 24.3 Å². The molecule has 0 saturated carbocycles. The lowest BCUT2D eigenvalue weighted by Crippen LogP contribution is -1.89. The molecule has 2 heterocycles. The summed E-state index contributed by atoms with van der Waals surface area (Å²) >= 11 is 0. The number of hydrogen-bond donors (Lipinski definition) is 2. The van der Waals surface area contributed by atoms with Crippen molar-refractivity contribution in [3.05, 3.63) is 49.1 Å². The quantitative estimate of drug-likeness (QED) is 0.737. The van der Waals surface area contributed by atoms with Crippen LogP contribution in [0.3, 0.4) is 0 Å². The fourth-order valence-electron chi connectivity index (χ4n) is 1.71. The van der Waals surface area contributed by atoms with Crippen molar-refractivity contribution >= 4 is 0 Å². The van der Waals surface area contributed by atoms with Crippen molar-refractivity contribution in [3.8, 4) is 34.3 Å². The molecule has 6 nitrogen and oxygen atoms in total. The summed E-state index contributed by atoms with van der Waals surface area (Å²) in [6, 6.07) is 7.38. The van der Waals surface area contributed by atoms with Crippen molar-refractivity contribution in [3.63, 3.8) is 0 Å². The van der Waals surface area contributed by atoms with Crippen molar-refractivity contribution in [1.29, 1.82) is 0 Å². The minimum atomic E-state index is 0.0304. The van der Waals surface area contributed by atoms with Crippen molar-refractivity contribution in [2.45, 2.75) is 0 Å². The first kappa shape index (κ1) is 12.0. The summed E-state index contributed by atoms with van der Waals surface area (Å²) in [7, 11) is 0. The summed E-state index contributed by atoms with van der Waals surface area (Å²) in [5.74, 6) is 1.12. The molecule has 0 unspecified atom stereocenters. The largest absolute Gasteiger partial charge is 0.505 e. The van der Waals surface area contributed by atoms with E-state index in [-0.39, 0.29) is 11.5 Å². The molecule has 0 bridgehead atoms. The Kier molecular flexibility index (Phi) is 2.96. The lowest BCUT2D eigenvalue weighted by atomic mass is 10.1. The Morgan fingerprint density at radius 2 is 0.850 bits per heavy atom. The number of nitrogens with zero attached hydrogens (tertiary/aromatic N) is 4. The maximum Gasteiger partial charge on any atom is 0.159 e. The number of aromatic hydroxyl groups is 2. The molecule has 0 radical (unpaired) electrons. The number of aromatic nitrogens is 4. The molecular formula is C14H10N4O2. The lowest BCUT2D eigenvalue weighted by molar-refractivity contribution is 0.469. The Labute approximate surface area is 114 Å². The van der Waals surface area contributed by atoms with E-state index in [0.717, 1.165) is 11.1 Å². The predicted octanol–water partition coefficient (Wildman–Crippen LogP) is 2.01. The highest BCUT2D eigenvalue weighted by atomic mass is 16.3.